The zero-order valence-corrected chi connectivity index (χ0v) is 19.6. The third kappa shape index (κ3) is 6.64. The van der Waals surface area contributed by atoms with Gasteiger partial charge in [-0.2, -0.15) is 5.10 Å². The first-order valence-corrected chi connectivity index (χ1v) is 10.8. The van der Waals surface area contributed by atoms with Crippen molar-refractivity contribution in [3.05, 3.63) is 64.9 Å². The number of phenols is 1. The second-order valence-electron chi connectivity index (χ2n) is 7.51. The third-order valence-electron chi connectivity index (χ3n) is 4.98. The van der Waals surface area contributed by atoms with Gasteiger partial charge in [-0.1, -0.05) is 18.2 Å². The van der Waals surface area contributed by atoms with E-state index in [2.05, 4.69) is 21.2 Å². The molecule has 0 spiro atoms. The molecule has 1 heterocycles. The van der Waals surface area contributed by atoms with Gasteiger partial charge < -0.3 is 35.1 Å². The Balaban J connectivity index is 1.71. The summed E-state index contributed by atoms with van der Waals surface area (Å²) in [4.78, 5) is 24.4. The first-order valence-electron chi connectivity index (χ1n) is 10.8. The lowest BCUT2D eigenvalue weighted by molar-refractivity contribution is -0.136. The number of phenolic OH excluding ortho intramolecular Hbond substituents is 1. The Morgan fingerprint density at radius 3 is 2.74 bits per heavy atom. The topological polar surface area (TPSA) is 151 Å². The van der Waals surface area contributed by atoms with Crippen LogP contribution in [-0.4, -0.2) is 55.0 Å². The van der Waals surface area contributed by atoms with E-state index in [0.29, 0.717) is 34.9 Å². The average Bonchev–Trinajstić information content (AvgIpc) is 2.82. The standard InChI is InChI=1S/C24H28N4O7/c1-4-34-19-11-16(22-21(23(31)33-3)14(2)26-24(32)27-22)8-9-18(19)35-13-20(30)28-25-12-15-6-5-7-17(29)10-15/h5-12,20,22,28-30H,4,13H2,1-3H3,(H2,26,27,32)/b25-12-/t20-,22+/m1/s1. The van der Waals surface area contributed by atoms with Gasteiger partial charge in [-0.05, 0) is 49.2 Å². The Bertz CT molecular complexity index is 1130. The van der Waals surface area contributed by atoms with Crippen LogP contribution in [0.4, 0.5) is 4.79 Å². The quantitative estimate of drug-likeness (QED) is 0.149. The first-order chi connectivity index (χ1) is 16.8. The fourth-order valence-corrected chi connectivity index (χ4v) is 3.43. The molecule has 0 unspecified atom stereocenters. The van der Waals surface area contributed by atoms with E-state index >= 15 is 0 Å². The Hall–Kier alpha value is -4.25. The van der Waals surface area contributed by atoms with Crippen LogP contribution in [0.2, 0.25) is 0 Å². The van der Waals surface area contributed by atoms with Gasteiger partial charge in [0.2, 0.25) is 0 Å². The highest BCUT2D eigenvalue weighted by molar-refractivity contribution is 5.95. The second-order valence-corrected chi connectivity index (χ2v) is 7.51. The number of aliphatic hydroxyl groups is 1. The Kier molecular flexibility index (Phi) is 8.52. The van der Waals surface area contributed by atoms with Gasteiger partial charge in [0.05, 0.1) is 31.5 Å². The molecule has 0 aromatic heterocycles. The SMILES string of the molecule is CCOc1cc([C@@H]2NC(=O)NC(C)=C2C(=O)OC)ccc1OC[C@@H](O)N/N=C\c1cccc(O)c1. The summed E-state index contributed by atoms with van der Waals surface area (Å²) in [6.07, 6.45) is 0.323. The highest BCUT2D eigenvalue weighted by Gasteiger charge is 2.32. The smallest absolute Gasteiger partial charge is 0.337 e. The summed E-state index contributed by atoms with van der Waals surface area (Å²) in [6.45, 7) is 3.62. The number of hydrazone groups is 1. The van der Waals surface area contributed by atoms with E-state index < -0.39 is 24.3 Å². The molecule has 3 rings (SSSR count). The molecule has 11 nitrogen and oxygen atoms in total. The molecule has 2 atom stereocenters. The van der Waals surface area contributed by atoms with Crippen LogP contribution in [0.3, 0.4) is 0 Å². The second kappa shape index (κ2) is 11.7. The molecular formula is C24H28N4O7. The number of aliphatic hydroxyl groups excluding tert-OH is 1. The number of urea groups is 1. The molecular weight excluding hydrogens is 456 g/mol. The van der Waals surface area contributed by atoms with E-state index in [4.69, 9.17) is 14.2 Å². The first kappa shape index (κ1) is 25.4. The number of amides is 2. The molecule has 1 aliphatic rings. The summed E-state index contributed by atoms with van der Waals surface area (Å²) < 4.78 is 16.3. The lowest BCUT2D eigenvalue weighted by Gasteiger charge is -2.28. The number of hydrogen-bond acceptors (Lipinski definition) is 9. The van der Waals surface area contributed by atoms with Gasteiger partial charge in [0.25, 0.3) is 0 Å². The summed E-state index contributed by atoms with van der Waals surface area (Å²) in [7, 11) is 1.27. The molecule has 2 aromatic rings. The molecule has 0 fully saturated rings. The summed E-state index contributed by atoms with van der Waals surface area (Å²) in [5.41, 5.74) is 4.44. The van der Waals surface area contributed by atoms with Crippen LogP contribution in [0, 0.1) is 0 Å². The molecule has 0 radical (unpaired) electrons. The summed E-state index contributed by atoms with van der Waals surface area (Å²) in [5.74, 6) is 0.265. The third-order valence-corrected chi connectivity index (χ3v) is 4.98. The average molecular weight is 485 g/mol. The number of benzene rings is 2. The van der Waals surface area contributed by atoms with Crippen LogP contribution >= 0.6 is 0 Å². The van der Waals surface area contributed by atoms with Gasteiger partial charge in [0.15, 0.2) is 17.7 Å². The normalized spacial score (nSPS) is 16.3. The summed E-state index contributed by atoms with van der Waals surface area (Å²) in [5, 5.41) is 28.9. The number of allylic oxidation sites excluding steroid dienone is 1. The van der Waals surface area contributed by atoms with Gasteiger partial charge >= 0.3 is 12.0 Å². The van der Waals surface area contributed by atoms with Crippen LogP contribution in [0.25, 0.3) is 0 Å². The van der Waals surface area contributed by atoms with Crippen molar-refractivity contribution >= 4 is 18.2 Å². The monoisotopic (exact) mass is 484 g/mol. The van der Waals surface area contributed by atoms with Gasteiger partial charge in [-0.25, -0.2) is 9.59 Å². The fraction of sp³-hybridized carbons (Fsp3) is 0.292. The molecule has 1 aliphatic heterocycles. The van der Waals surface area contributed by atoms with Gasteiger partial charge in [0, 0.05) is 5.70 Å². The maximum atomic E-state index is 12.3. The maximum absolute atomic E-state index is 12.3. The van der Waals surface area contributed by atoms with E-state index in [1.54, 1.807) is 50.2 Å². The molecule has 5 N–H and O–H groups in total. The number of methoxy groups -OCH3 is 1. The van der Waals surface area contributed by atoms with Crippen LogP contribution in [0.1, 0.15) is 31.0 Å². The Morgan fingerprint density at radius 2 is 2.03 bits per heavy atom. The van der Waals surface area contributed by atoms with Crippen molar-refractivity contribution < 1.29 is 34.0 Å². The van der Waals surface area contributed by atoms with E-state index in [9.17, 15) is 19.8 Å². The largest absolute Gasteiger partial charge is 0.508 e. The van der Waals surface area contributed by atoms with E-state index in [1.807, 2.05) is 0 Å². The molecule has 0 saturated carbocycles. The summed E-state index contributed by atoms with van der Waals surface area (Å²) >= 11 is 0. The molecule has 0 saturated heterocycles. The molecule has 11 heteroatoms. The van der Waals surface area contributed by atoms with E-state index in [-0.39, 0.29) is 17.9 Å². The van der Waals surface area contributed by atoms with Crippen molar-refractivity contribution in [3.63, 3.8) is 0 Å². The van der Waals surface area contributed by atoms with Crippen LogP contribution < -0.4 is 25.5 Å². The number of esters is 1. The number of nitrogens with one attached hydrogen (secondary N) is 3. The zero-order chi connectivity index (χ0) is 25.4. The van der Waals surface area contributed by atoms with Crippen molar-refractivity contribution in [1.29, 1.82) is 0 Å². The van der Waals surface area contributed by atoms with Gasteiger partial charge in [-0.15, -0.1) is 0 Å². The van der Waals surface area contributed by atoms with Crippen molar-refractivity contribution in [2.24, 2.45) is 5.10 Å². The number of aromatic hydroxyl groups is 1. The van der Waals surface area contributed by atoms with E-state index in [0.717, 1.165) is 0 Å². The van der Waals surface area contributed by atoms with Gasteiger partial charge in [-0.3, -0.25) is 5.43 Å². The lowest BCUT2D eigenvalue weighted by atomic mass is 9.95. The lowest BCUT2D eigenvalue weighted by Crippen LogP contribution is -2.45. The molecule has 2 amide bonds. The van der Waals surface area contributed by atoms with Crippen LogP contribution in [-0.2, 0) is 9.53 Å². The minimum Gasteiger partial charge on any atom is -0.508 e. The molecule has 186 valence electrons. The predicted molar refractivity (Wildman–Crippen MR) is 127 cm³/mol. The molecule has 35 heavy (non-hydrogen) atoms. The van der Waals surface area contributed by atoms with Crippen molar-refractivity contribution in [2.45, 2.75) is 26.1 Å². The highest BCUT2D eigenvalue weighted by atomic mass is 16.5. The highest BCUT2D eigenvalue weighted by Crippen LogP contribution is 2.34. The number of nitrogens with zero attached hydrogens (tertiary/aromatic N) is 1. The Morgan fingerprint density at radius 1 is 1.23 bits per heavy atom. The molecule has 2 aromatic carbocycles. The summed E-state index contributed by atoms with van der Waals surface area (Å²) in [6, 6.07) is 10.3. The van der Waals surface area contributed by atoms with Crippen LogP contribution in [0.5, 0.6) is 17.2 Å². The number of hydrogen-bond donors (Lipinski definition) is 5. The number of rotatable bonds is 10. The molecule has 0 aliphatic carbocycles. The van der Waals surface area contributed by atoms with Crippen molar-refractivity contribution in [1.82, 2.24) is 16.1 Å². The molecule has 0 bridgehead atoms. The predicted octanol–water partition coefficient (Wildman–Crippen LogP) is 1.91. The maximum Gasteiger partial charge on any atom is 0.337 e. The minimum absolute atomic E-state index is 0.109. The van der Waals surface area contributed by atoms with Crippen LogP contribution in [0.15, 0.2) is 58.8 Å². The minimum atomic E-state index is -1.13. The number of carbonyl (C=O) groups excluding carboxylic acids is 2. The van der Waals surface area contributed by atoms with Crippen molar-refractivity contribution in [2.75, 3.05) is 20.3 Å². The fourth-order valence-electron chi connectivity index (χ4n) is 3.43. The van der Waals surface area contributed by atoms with E-state index in [1.165, 1.54) is 19.4 Å². The number of ether oxygens (including phenoxy) is 3. The zero-order valence-electron chi connectivity index (χ0n) is 19.6. The van der Waals surface area contributed by atoms with Gasteiger partial charge in [0.1, 0.15) is 12.4 Å². The number of carbonyl (C=O) groups is 2. The Labute approximate surface area is 202 Å². The van der Waals surface area contributed by atoms with Crippen molar-refractivity contribution in [3.8, 4) is 17.2 Å².